The molecule has 1 nitrogen and oxygen atoms in total. The Morgan fingerprint density at radius 2 is 1.68 bits per heavy atom. The molecule has 2 aromatic carbocycles. The molecule has 0 aliphatic carbocycles. The third-order valence-corrected chi connectivity index (χ3v) is 3.76. The lowest BCUT2D eigenvalue weighted by molar-refractivity contribution is 1.22. The van der Waals surface area contributed by atoms with Crippen LogP contribution in [-0.2, 0) is 6.42 Å². The fourth-order valence-corrected chi connectivity index (χ4v) is 2.09. The number of hydrogen-bond donors (Lipinski definition) is 0. The van der Waals surface area contributed by atoms with E-state index in [1.54, 1.807) is 0 Å². The fourth-order valence-electron chi connectivity index (χ4n) is 2.09. The van der Waals surface area contributed by atoms with Crippen molar-refractivity contribution in [1.82, 2.24) is 0 Å². The Morgan fingerprint density at radius 1 is 0.895 bits per heavy atom. The lowest BCUT2D eigenvalue weighted by Crippen LogP contribution is -1.92. The molecule has 0 aliphatic rings. The molecule has 0 saturated heterocycles. The van der Waals surface area contributed by atoms with Gasteiger partial charge in [-0.3, -0.25) is 4.99 Å². The predicted octanol–water partition coefficient (Wildman–Crippen LogP) is 4.87. The van der Waals surface area contributed by atoms with Gasteiger partial charge in [-0.2, -0.15) is 0 Å². The number of aliphatic imine (C=N–C) groups is 1. The first-order valence-corrected chi connectivity index (χ1v) is 6.73. The summed E-state index contributed by atoms with van der Waals surface area (Å²) in [7, 11) is 0. The van der Waals surface area contributed by atoms with Crippen molar-refractivity contribution >= 4 is 11.9 Å². The number of rotatable bonds is 3. The third-order valence-electron chi connectivity index (χ3n) is 3.76. The van der Waals surface area contributed by atoms with Crippen molar-refractivity contribution in [2.45, 2.75) is 34.1 Å². The SMILES string of the molecule is Cc1ccc(N=CCc2cccc(C)c2C)cc1C. The Morgan fingerprint density at radius 3 is 2.42 bits per heavy atom. The number of nitrogens with zero attached hydrogens (tertiary/aromatic N) is 1. The van der Waals surface area contributed by atoms with E-state index < -0.39 is 0 Å². The van der Waals surface area contributed by atoms with E-state index >= 15 is 0 Å². The van der Waals surface area contributed by atoms with Crippen molar-refractivity contribution in [1.29, 1.82) is 0 Å². The summed E-state index contributed by atoms with van der Waals surface area (Å²) in [4.78, 5) is 4.55. The maximum atomic E-state index is 4.55. The lowest BCUT2D eigenvalue weighted by atomic mass is 10.0. The normalized spacial score (nSPS) is 11.2. The van der Waals surface area contributed by atoms with Crippen LogP contribution in [0.2, 0.25) is 0 Å². The van der Waals surface area contributed by atoms with Gasteiger partial charge in [-0.05, 0) is 67.6 Å². The molecule has 0 N–H and O–H groups in total. The summed E-state index contributed by atoms with van der Waals surface area (Å²) in [5.41, 5.74) is 7.71. The van der Waals surface area contributed by atoms with E-state index in [9.17, 15) is 0 Å². The van der Waals surface area contributed by atoms with Gasteiger partial charge in [-0.25, -0.2) is 0 Å². The average Bonchev–Trinajstić information content (AvgIpc) is 2.39. The van der Waals surface area contributed by atoms with Gasteiger partial charge in [0.2, 0.25) is 0 Å². The minimum Gasteiger partial charge on any atom is -0.261 e. The van der Waals surface area contributed by atoms with Crippen LogP contribution >= 0.6 is 0 Å². The predicted molar refractivity (Wildman–Crippen MR) is 83.7 cm³/mol. The largest absolute Gasteiger partial charge is 0.261 e. The first-order chi connectivity index (χ1) is 9.08. The molecule has 19 heavy (non-hydrogen) atoms. The molecule has 0 spiro atoms. The molecule has 0 radical (unpaired) electrons. The first kappa shape index (κ1) is 13.5. The van der Waals surface area contributed by atoms with Crippen molar-refractivity contribution in [2.75, 3.05) is 0 Å². The topological polar surface area (TPSA) is 12.4 Å². The zero-order valence-electron chi connectivity index (χ0n) is 12.2. The molecule has 1 heteroatoms. The second-order valence-electron chi connectivity index (χ2n) is 5.14. The van der Waals surface area contributed by atoms with Crippen molar-refractivity contribution in [3.63, 3.8) is 0 Å². The number of aryl methyl sites for hydroxylation is 3. The zero-order valence-corrected chi connectivity index (χ0v) is 12.2. The van der Waals surface area contributed by atoms with Gasteiger partial charge in [-0.1, -0.05) is 24.3 Å². The van der Waals surface area contributed by atoms with Gasteiger partial charge in [0, 0.05) is 12.6 Å². The van der Waals surface area contributed by atoms with Crippen LogP contribution in [0.15, 0.2) is 41.4 Å². The summed E-state index contributed by atoms with van der Waals surface area (Å²) in [5.74, 6) is 0. The van der Waals surface area contributed by atoms with Crippen LogP contribution in [0.4, 0.5) is 5.69 Å². The standard InChI is InChI=1S/C18H21N/c1-13-8-9-18(12-15(13)3)19-11-10-17-7-5-6-14(2)16(17)4/h5-9,11-12H,10H2,1-4H3. The van der Waals surface area contributed by atoms with E-state index in [0.29, 0.717) is 0 Å². The molecule has 0 unspecified atom stereocenters. The highest BCUT2D eigenvalue weighted by atomic mass is 14.7. The summed E-state index contributed by atoms with van der Waals surface area (Å²) in [6, 6.07) is 12.8. The van der Waals surface area contributed by atoms with E-state index in [4.69, 9.17) is 0 Å². The van der Waals surface area contributed by atoms with Crippen LogP contribution in [0.25, 0.3) is 0 Å². The second kappa shape index (κ2) is 5.83. The molecule has 0 heterocycles. The molecule has 0 aliphatic heterocycles. The molecule has 0 atom stereocenters. The highest BCUT2D eigenvalue weighted by Gasteiger charge is 1.99. The maximum Gasteiger partial charge on any atom is 0.0628 e. The molecule has 0 bridgehead atoms. The minimum atomic E-state index is 0.889. The van der Waals surface area contributed by atoms with E-state index in [1.165, 1.54) is 27.8 Å². The van der Waals surface area contributed by atoms with Crippen molar-refractivity contribution in [3.05, 3.63) is 64.2 Å². The molecule has 98 valence electrons. The van der Waals surface area contributed by atoms with Gasteiger partial charge < -0.3 is 0 Å². The molecule has 2 rings (SSSR count). The Labute approximate surface area is 116 Å². The third kappa shape index (κ3) is 3.31. The first-order valence-electron chi connectivity index (χ1n) is 6.73. The van der Waals surface area contributed by atoms with Crippen LogP contribution in [0.5, 0.6) is 0 Å². The monoisotopic (exact) mass is 251 g/mol. The van der Waals surface area contributed by atoms with Crippen LogP contribution < -0.4 is 0 Å². The summed E-state index contributed by atoms with van der Waals surface area (Å²) >= 11 is 0. The molecule has 0 saturated carbocycles. The van der Waals surface area contributed by atoms with Gasteiger partial charge in [0.05, 0.1) is 5.69 Å². The molecule has 0 aromatic heterocycles. The van der Waals surface area contributed by atoms with Gasteiger partial charge in [0.1, 0.15) is 0 Å². The summed E-state index contributed by atoms with van der Waals surface area (Å²) in [5, 5.41) is 0. The Balaban J connectivity index is 2.11. The number of benzene rings is 2. The van der Waals surface area contributed by atoms with E-state index in [1.807, 2.05) is 6.21 Å². The van der Waals surface area contributed by atoms with Gasteiger partial charge >= 0.3 is 0 Å². The lowest BCUT2D eigenvalue weighted by Gasteiger charge is -2.05. The van der Waals surface area contributed by atoms with Crippen LogP contribution in [0.1, 0.15) is 27.8 Å². The van der Waals surface area contributed by atoms with Crippen molar-refractivity contribution in [2.24, 2.45) is 4.99 Å². The van der Waals surface area contributed by atoms with E-state index in [-0.39, 0.29) is 0 Å². The van der Waals surface area contributed by atoms with E-state index in [2.05, 4.69) is 69.1 Å². The smallest absolute Gasteiger partial charge is 0.0628 e. The van der Waals surface area contributed by atoms with Crippen LogP contribution in [-0.4, -0.2) is 6.21 Å². The molecule has 2 aromatic rings. The highest BCUT2D eigenvalue weighted by Crippen LogP contribution is 2.17. The van der Waals surface area contributed by atoms with Crippen LogP contribution in [0.3, 0.4) is 0 Å². The summed E-state index contributed by atoms with van der Waals surface area (Å²) in [6.45, 7) is 8.58. The Hall–Kier alpha value is -1.89. The number of hydrogen-bond acceptors (Lipinski definition) is 1. The van der Waals surface area contributed by atoms with Crippen LogP contribution in [0, 0.1) is 27.7 Å². The van der Waals surface area contributed by atoms with E-state index in [0.717, 1.165) is 12.1 Å². The van der Waals surface area contributed by atoms with Crippen molar-refractivity contribution < 1.29 is 0 Å². The average molecular weight is 251 g/mol. The Kier molecular flexibility index (Phi) is 4.16. The van der Waals surface area contributed by atoms with Crippen molar-refractivity contribution in [3.8, 4) is 0 Å². The van der Waals surface area contributed by atoms with Gasteiger partial charge in [0.25, 0.3) is 0 Å². The highest BCUT2D eigenvalue weighted by molar-refractivity contribution is 5.67. The maximum absolute atomic E-state index is 4.55. The minimum absolute atomic E-state index is 0.889. The van der Waals surface area contributed by atoms with Gasteiger partial charge in [0.15, 0.2) is 0 Å². The fraction of sp³-hybridized carbons (Fsp3) is 0.278. The summed E-state index contributed by atoms with van der Waals surface area (Å²) < 4.78 is 0. The molecule has 0 amide bonds. The molecular weight excluding hydrogens is 230 g/mol. The van der Waals surface area contributed by atoms with Gasteiger partial charge in [-0.15, -0.1) is 0 Å². The zero-order chi connectivity index (χ0) is 13.8. The second-order valence-corrected chi connectivity index (χ2v) is 5.14. The Bertz CT molecular complexity index is 609. The molecule has 0 fully saturated rings. The quantitative estimate of drug-likeness (QED) is 0.690. The summed E-state index contributed by atoms with van der Waals surface area (Å²) in [6.07, 6.45) is 2.90. The molecular formula is C18H21N.